The van der Waals surface area contributed by atoms with Crippen LogP contribution in [0.5, 0.6) is 5.75 Å². The van der Waals surface area contributed by atoms with Gasteiger partial charge in [-0.25, -0.2) is 5.43 Å². The van der Waals surface area contributed by atoms with E-state index in [9.17, 15) is 27.9 Å². The van der Waals surface area contributed by atoms with E-state index < -0.39 is 18.0 Å². The summed E-state index contributed by atoms with van der Waals surface area (Å²) >= 11 is 5.77. The van der Waals surface area contributed by atoms with E-state index in [0.717, 1.165) is 0 Å². The van der Waals surface area contributed by atoms with Crippen LogP contribution >= 0.6 is 11.6 Å². The van der Waals surface area contributed by atoms with Gasteiger partial charge in [0.05, 0.1) is 11.3 Å². The third kappa shape index (κ3) is 5.45. The molecule has 2 amide bonds. The molecule has 0 aliphatic rings. The van der Waals surface area contributed by atoms with Gasteiger partial charge in [-0.3, -0.25) is 9.59 Å². The van der Waals surface area contributed by atoms with Gasteiger partial charge in [0.1, 0.15) is 5.75 Å². The van der Waals surface area contributed by atoms with Crippen molar-refractivity contribution >= 4 is 34.8 Å². The first kappa shape index (κ1) is 20.2. The summed E-state index contributed by atoms with van der Waals surface area (Å²) in [5.74, 6) is -3.04. The van der Waals surface area contributed by atoms with Crippen LogP contribution in [-0.2, 0) is 4.79 Å². The zero-order valence-corrected chi connectivity index (χ0v) is 14.5. The molecule has 3 N–H and O–H groups in total. The summed E-state index contributed by atoms with van der Waals surface area (Å²) < 4.78 is 36.6. The number of phenolic OH excluding ortho intramolecular Hbond substituents is 1. The second kappa shape index (κ2) is 8.09. The Morgan fingerprint density at radius 2 is 1.74 bits per heavy atom. The number of carbonyl (C=O) groups is 2. The molecule has 0 bridgehead atoms. The normalized spacial score (nSPS) is 11.8. The fourth-order valence-electron chi connectivity index (χ4n) is 1.95. The quantitative estimate of drug-likeness (QED) is 0.541. The number of hydrogen-bond donors (Lipinski definition) is 3. The second-order valence-electron chi connectivity index (χ2n) is 5.33. The maximum absolute atomic E-state index is 12.2. The number of hydrazone groups is 1. The van der Waals surface area contributed by atoms with Crippen molar-refractivity contribution in [2.24, 2.45) is 5.10 Å². The van der Waals surface area contributed by atoms with Crippen molar-refractivity contribution in [2.75, 3.05) is 5.32 Å². The van der Waals surface area contributed by atoms with Crippen molar-refractivity contribution in [2.45, 2.75) is 13.1 Å². The van der Waals surface area contributed by atoms with Crippen LogP contribution in [0.4, 0.5) is 18.9 Å². The SMILES string of the molecule is C/C(=N/NC(=O)c1cc(Cl)ccc1O)c1ccc(NC(=O)C(F)(F)F)cc1. The van der Waals surface area contributed by atoms with Gasteiger partial charge in [-0.15, -0.1) is 0 Å². The molecule has 2 aromatic carbocycles. The minimum atomic E-state index is -4.98. The van der Waals surface area contributed by atoms with Crippen LogP contribution in [0.25, 0.3) is 0 Å². The topological polar surface area (TPSA) is 90.8 Å². The van der Waals surface area contributed by atoms with Crippen LogP contribution in [0.15, 0.2) is 47.6 Å². The number of alkyl halides is 3. The number of anilines is 1. The van der Waals surface area contributed by atoms with Crippen LogP contribution in [0.3, 0.4) is 0 Å². The van der Waals surface area contributed by atoms with Gasteiger partial charge in [-0.05, 0) is 42.8 Å². The number of carbonyl (C=O) groups excluding carboxylic acids is 2. The van der Waals surface area contributed by atoms with E-state index in [2.05, 4.69) is 10.5 Å². The molecule has 2 aromatic rings. The van der Waals surface area contributed by atoms with Crippen molar-refractivity contribution in [1.82, 2.24) is 5.43 Å². The van der Waals surface area contributed by atoms with Crippen molar-refractivity contribution < 1.29 is 27.9 Å². The number of halogens is 4. The molecule has 0 aliphatic carbocycles. The number of aromatic hydroxyl groups is 1. The molecule has 0 spiro atoms. The predicted octanol–water partition coefficient (Wildman–Crippen LogP) is 3.70. The van der Waals surface area contributed by atoms with E-state index in [1.54, 1.807) is 12.2 Å². The zero-order valence-electron chi connectivity index (χ0n) is 13.8. The lowest BCUT2D eigenvalue weighted by molar-refractivity contribution is -0.167. The summed E-state index contributed by atoms with van der Waals surface area (Å²) in [6.07, 6.45) is -4.98. The van der Waals surface area contributed by atoms with Crippen molar-refractivity contribution in [1.29, 1.82) is 0 Å². The molecule has 0 aliphatic heterocycles. The summed E-state index contributed by atoms with van der Waals surface area (Å²) in [6.45, 7) is 1.56. The van der Waals surface area contributed by atoms with Crippen LogP contribution in [0.1, 0.15) is 22.8 Å². The van der Waals surface area contributed by atoms with Gasteiger partial charge in [0.2, 0.25) is 0 Å². The smallest absolute Gasteiger partial charge is 0.471 e. The molecule has 0 heterocycles. The Morgan fingerprint density at radius 1 is 1.11 bits per heavy atom. The Hall–Kier alpha value is -3.07. The Morgan fingerprint density at radius 3 is 2.33 bits per heavy atom. The minimum absolute atomic E-state index is 0.0400. The van der Waals surface area contributed by atoms with Crippen molar-refractivity contribution in [3.8, 4) is 5.75 Å². The van der Waals surface area contributed by atoms with Gasteiger partial charge in [-0.1, -0.05) is 23.7 Å². The number of hydrogen-bond acceptors (Lipinski definition) is 4. The van der Waals surface area contributed by atoms with Crippen LogP contribution in [0, 0.1) is 0 Å². The third-order valence-electron chi connectivity index (χ3n) is 3.35. The average Bonchev–Trinajstić information content (AvgIpc) is 2.61. The largest absolute Gasteiger partial charge is 0.507 e. The van der Waals surface area contributed by atoms with E-state index >= 15 is 0 Å². The van der Waals surface area contributed by atoms with Gasteiger partial charge in [-0.2, -0.15) is 18.3 Å². The molecule has 0 aromatic heterocycles. The predicted molar refractivity (Wildman–Crippen MR) is 93.9 cm³/mol. The van der Waals surface area contributed by atoms with Gasteiger partial charge in [0.25, 0.3) is 5.91 Å². The molecule has 10 heteroatoms. The zero-order chi connectivity index (χ0) is 20.2. The maximum Gasteiger partial charge on any atom is 0.471 e. The molecule has 6 nitrogen and oxygen atoms in total. The Bertz CT molecular complexity index is 897. The van der Waals surface area contributed by atoms with Crippen LogP contribution < -0.4 is 10.7 Å². The molecule has 142 valence electrons. The van der Waals surface area contributed by atoms with Gasteiger partial charge < -0.3 is 10.4 Å². The number of nitrogens with zero attached hydrogens (tertiary/aromatic N) is 1. The Balaban J connectivity index is 2.06. The highest BCUT2D eigenvalue weighted by atomic mass is 35.5. The van der Waals surface area contributed by atoms with E-state index in [1.807, 2.05) is 0 Å². The standard InChI is InChI=1S/C17H13ClF3N3O3/c1-9(23-24-15(26)13-8-11(18)4-7-14(13)25)10-2-5-12(6-3-10)22-16(27)17(19,20)21/h2-8,25H,1H3,(H,22,27)(H,24,26)/b23-9-. The summed E-state index contributed by atoms with van der Waals surface area (Å²) in [6, 6.07) is 9.34. The maximum atomic E-state index is 12.2. The Labute approximate surface area is 156 Å². The number of amides is 2. The second-order valence-corrected chi connectivity index (χ2v) is 5.77. The first-order chi connectivity index (χ1) is 12.6. The van der Waals surface area contributed by atoms with E-state index in [4.69, 9.17) is 11.6 Å². The molecule has 0 saturated heterocycles. The molecule has 0 saturated carbocycles. The number of phenols is 1. The Kier molecular flexibility index (Phi) is 6.06. The van der Waals surface area contributed by atoms with E-state index in [1.165, 1.54) is 42.5 Å². The number of nitrogens with one attached hydrogen (secondary N) is 2. The first-order valence-corrected chi connectivity index (χ1v) is 7.77. The first-order valence-electron chi connectivity index (χ1n) is 7.39. The molecular formula is C17H13ClF3N3O3. The summed E-state index contributed by atoms with van der Waals surface area (Å²) in [5.41, 5.74) is 2.98. The van der Waals surface area contributed by atoms with E-state index in [0.29, 0.717) is 11.3 Å². The fraction of sp³-hybridized carbons (Fsp3) is 0.118. The lowest BCUT2D eigenvalue weighted by Crippen LogP contribution is -2.29. The van der Waals surface area contributed by atoms with Crippen molar-refractivity contribution in [3.05, 3.63) is 58.6 Å². The van der Waals surface area contributed by atoms with Gasteiger partial charge in [0, 0.05) is 10.7 Å². The third-order valence-corrected chi connectivity index (χ3v) is 3.58. The highest BCUT2D eigenvalue weighted by molar-refractivity contribution is 6.31. The van der Waals surface area contributed by atoms with Crippen molar-refractivity contribution in [3.63, 3.8) is 0 Å². The van der Waals surface area contributed by atoms with Gasteiger partial charge in [0.15, 0.2) is 0 Å². The molecule has 27 heavy (non-hydrogen) atoms. The van der Waals surface area contributed by atoms with Crippen LogP contribution in [0.2, 0.25) is 5.02 Å². The summed E-state index contributed by atoms with van der Waals surface area (Å²) in [5, 5.41) is 15.5. The molecule has 0 atom stereocenters. The molecule has 2 rings (SSSR count). The molecule has 0 radical (unpaired) electrons. The molecular weight excluding hydrogens is 387 g/mol. The number of rotatable bonds is 4. The minimum Gasteiger partial charge on any atom is -0.507 e. The summed E-state index contributed by atoms with van der Waals surface area (Å²) in [4.78, 5) is 22.9. The number of benzene rings is 2. The molecule has 0 unspecified atom stereocenters. The highest BCUT2D eigenvalue weighted by Gasteiger charge is 2.38. The fourth-order valence-corrected chi connectivity index (χ4v) is 2.12. The van der Waals surface area contributed by atoms with Crippen LogP contribution in [-0.4, -0.2) is 28.8 Å². The molecule has 0 fully saturated rings. The lowest BCUT2D eigenvalue weighted by Gasteiger charge is -2.09. The highest BCUT2D eigenvalue weighted by Crippen LogP contribution is 2.21. The monoisotopic (exact) mass is 399 g/mol. The summed E-state index contributed by atoms with van der Waals surface area (Å²) in [7, 11) is 0. The van der Waals surface area contributed by atoms with Gasteiger partial charge >= 0.3 is 12.1 Å². The van der Waals surface area contributed by atoms with E-state index in [-0.39, 0.29) is 22.0 Å². The average molecular weight is 400 g/mol. The lowest BCUT2D eigenvalue weighted by atomic mass is 10.1.